The molecule has 0 spiro atoms. The van der Waals surface area contributed by atoms with Crippen LogP contribution >= 0.6 is 0 Å². The van der Waals surface area contributed by atoms with Crippen LogP contribution in [0.5, 0.6) is 0 Å². The molecule has 1 aliphatic heterocycles. The molecule has 0 aliphatic carbocycles. The highest BCUT2D eigenvalue weighted by Gasteiger charge is 2.24. The van der Waals surface area contributed by atoms with Gasteiger partial charge in [0.15, 0.2) is 5.82 Å². The van der Waals surface area contributed by atoms with Crippen LogP contribution in [0.15, 0.2) is 24.3 Å². The molecule has 0 radical (unpaired) electrons. The highest BCUT2D eigenvalue weighted by molar-refractivity contribution is 5.95. The molecule has 0 N–H and O–H groups in total. The molecule has 2 heterocycles. The van der Waals surface area contributed by atoms with Crippen LogP contribution < -0.4 is 0 Å². The lowest BCUT2D eigenvalue weighted by molar-refractivity contribution is 0.0292. The van der Waals surface area contributed by atoms with Gasteiger partial charge in [-0.1, -0.05) is 19.1 Å². The maximum Gasteiger partial charge on any atom is 0.290 e. The fourth-order valence-electron chi connectivity index (χ4n) is 2.60. The quantitative estimate of drug-likeness (QED) is 0.858. The number of carbonyl (C=O) groups is 1. The Balaban J connectivity index is 2.00. The van der Waals surface area contributed by atoms with E-state index in [4.69, 9.17) is 4.74 Å². The van der Waals surface area contributed by atoms with Crippen LogP contribution in [0.3, 0.4) is 0 Å². The first-order chi connectivity index (χ1) is 9.81. The number of rotatable bonds is 3. The molecule has 1 amide bonds. The van der Waals surface area contributed by atoms with Crippen molar-refractivity contribution in [3.8, 4) is 0 Å². The number of carbonyl (C=O) groups excluding carboxylic acids is 1. The molecule has 5 heteroatoms. The Kier molecular flexibility index (Phi) is 3.69. The molecule has 0 saturated carbocycles. The number of fused-ring (bicyclic) bond motifs is 1. The minimum atomic E-state index is 0.0120. The van der Waals surface area contributed by atoms with Gasteiger partial charge in [0.05, 0.1) is 24.2 Å². The van der Waals surface area contributed by atoms with Gasteiger partial charge < -0.3 is 14.2 Å². The SMILES string of the molecule is CCCn1c(C(=O)N2CCOCC2)nc2ccccc21. The third kappa shape index (κ3) is 2.29. The van der Waals surface area contributed by atoms with E-state index >= 15 is 0 Å². The molecule has 0 atom stereocenters. The van der Waals surface area contributed by atoms with E-state index in [9.17, 15) is 4.79 Å². The molecule has 5 nitrogen and oxygen atoms in total. The van der Waals surface area contributed by atoms with Crippen molar-refractivity contribution in [3.63, 3.8) is 0 Å². The minimum Gasteiger partial charge on any atom is -0.378 e. The zero-order valence-electron chi connectivity index (χ0n) is 11.7. The Labute approximate surface area is 118 Å². The second-order valence-electron chi connectivity index (χ2n) is 4.98. The summed E-state index contributed by atoms with van der Waals surface area (Å²) in [5.41, 5.74) is 1.92. The summed E-state index contributed by atoms with van der Waals surface area (Å²) in [6.45, 7) is 5.44. The fourth-order valence-corrected chi connectivity index (χ4v) is 2.60. The molecule has 1 saturated heterocycles. The second kappa shape index (κ2) is 5.63. The van der Waals surface area contributed by atoms with Crippen LogP contribution in [-0.2, 0) is 11.3 Å². The van der Waals surface area contributed by atoms with Gasteiger partial charge >= 0.3 is 0 Å². The summed E-state index contributed by atoms with van der Waals surface area (Å²) in [5.74, 6) is 0.563. The average Bonchev–Trinajstić information content (AvgIpc) is 2.87. The smallest absolute Gasteiger partial charge is 0.290 e. The van der Waals surface area contributed by atoms with Crippen LogP contribution in [-0.4, -0.2) is 46.7 Å². The number of amides is 1. The predicted molar refractivity (Wildman–Crippen MR) is 76.7 cm³/mol. The number of hydrogen-bond acceptors (Lipinski definition) is 3. The lowest BCUT2D eigenvalue weighted by Crippen LogP contribution is -2.41. The van der Waals surface area contributed by atoms with Crippen LogP contribution in [0.4, 0.5) is 0 Å². The van der Waals surface area contributed by atoms with E-state index in [-0.39, 0.29) is 5.91 Å². The van der Waals surface area contributed by atoms with E-state index in [1.807, 2.05) is 33.7 Å². The number of nitrogens with zero attached hydrogens (tertiary/aromatic N) is 3. The number of benzene rings is 1. The van der Waals surface area contributed by atoms with E-state index in [0.29, 0.717) is 32.1 Å². The van der Waals surface area contributed by atoms with Crippen molar-refractivity contribution in [2.24, 2.45) is 0 Å². The van der Waals surface area contributed by atoms with Crippen molar-refractivity contribution in [2.75, 3.05) is 26.3 Å². The zero-order valence-corrected chi connectivity index (χ0v) is 11.7. The van der Waals surface area contributed by atoms with Crippen molar-refractivity contribution < 1.29 is 9.53 Å². The topological polar surface area (TPSA) is 47.4 Å². The number of aromatic nitrogens is 2. The van der Waals surface area contributed by atoms with Gasteiger partial charge in [-0.2, -0.15) is 0 Å². The molecule has 0 unspecified atom stereocenters. The van der Waals surface area contributed by atoms with Gasteiger partial charge in [-0.15, -0.1) is 0 Å². The summed E-state index contributed by atoms with van der Waals surface area (Å²) < 4.78 is 7.34. The zero-order chi connectivity index (χ0) is 13.9. The number of ether oxygens (including phenoxy) is 1. The Morgan fingerprint density at radius 2 is 2.05 bits per heavy atom. The second-order valence-corrected chi connectivity index (χ2v) is 4.98. The van der Waals surface area contributed by atoms with Gasteiger partial charge in [0.2, 0.25) is 0 Å². The van der Waals surface area contributed by atoms with Gasteiger partial charge in [0.25, 0.3) is 5.91 Å². The summed E-state index contributed by atoms with van der Waals surface area (Å²) in [4.78, 5) is 19.0. The summed E-state index contributed by atoms with van der Waals surface area (Å²) in [6.07, 6.45) is 0.976. The third-order valence-corrected chi connectivity index (χ3v) is 3.59. The van der Waals surface area contributed by atoms with Gasteiger partial charge in [0.1, 0.15) is 0 Å². The minimum absolute atomic E-state index is 0.0120. The number of aryl methyl sites for hydroxylation is 1. The molecule has 2 aromatic rings. The first-order valence-corrected chi connectivity index (χ1v) is 7.13. The highest BCUT2D eigenvalue weighted by atomic mass is 16.5. The number of morpholine rings is 1. The van der Waals surface area contributed by atoms with Crippen LogP contribution in [0.2, 0.25) is 0 Å². The van der Waals surface area contributed by atoms with E-state index in [0.717, 1.165) is 24.0 Å². The van der Waals surface area contributed by atoms with Crippen molar-refractivity contribution in [3.05, 3.63) is 30.1 Å². The molecular formula is C15H19N3O2. The van der Waals surface area contributed by atoms with Crippen LogP contribution in [0.1, 0.15) is 24.0 Å². The van der Waals surface area contributed by atoms with Gasteiger partial charge in [-0.3, -0.25) is 4.79 Å². The van der Waals surface area contributed by atoms with Crippen molar-refractivity contribution in [2.45, 2.75) is 19.9 Å². The van der Waals surface area contributed by atoms with E-state index in [2.05, 4.69) is 11.9 Å². The molecular weight excluding hydrogens is 254 g/mol. The summed E-state index contributed by atoms with van der Waals surface area (Å²) in [6, 6.07) is 7.92. The summed E-state index contributed by atoms with van der Waals surface area (Å²) >= 11 is 0. The summed E-state index contributed by atoms with van der Waals surface area (Å²) in [5, 5.41) is 0. The molecule has 3 rings (SSSR count). The van der Waals surface area contributed by atoms with Gasteiger partial charge in [-0.05, 0) is 18.6 Å². The average molecular weight is 273 g/mol. The lowest BCUT2D eigenvalue weighted by Gasteiger charge is -2.26. The largest absolute Gasteiger partial charge is 0.378 e. The molecule has 1 fully saturated rings. The number of hydrogen-bond donors (Lipinski definition) is 0. The monoisotopic (exact) mass is 273 g/mol. The van der Waals surface area contributed by atoms with Crippen LogP contribution in [0, 0.1) is 0 Å². The Morgan fingerprint density at radius 3 is 2.80 bits per heavy atom. The Morgan fingerprint density at radius 1 is 1.30 bits per heavy atom. The first kappa shape index (κ1) is 13.1. The van der Waals surface area contributed by atoms with E-state index in [1.54, 1.807) is 0 Å². The van der Waals surface area contributed by atoms with Gasteiger partial charge in [0, 0.05) is 19.6 Å². The van der Waals surface area contributed by atoms with Gasteiger partial charge in [-0.25, -0.2) is 4.98 Å². The van der Waals surface area contributed by atoms with Crippen LogP contribution in [0.25, 0.3) is 11.0 Å². The Bertz CT molecular complexity index is 615. The maximum atomic E-state index is 12.7. The normalized spacial score (nSPS) is 15.8. The molecule has 1 aliphatic rings. The van der Waals surface area contributed by atoms with E-state index < -0.39 is 0 Å². The van der Waals surface area contributed by atoms with Crippen molar-refractivity contribution in [1.82, 2.24) is 14.5 Å². The molecule has 0 bridgehead atoms. The van der Waals surface area contributed by atoms with Crippen molar-refractivity contribution >= 4 is 16.9 Å². The lowest BCUT2D eigenvalue weighted by atomic mass is 10.3. The highest BCUT2D eigenvalue weighted by Crippen LogP contribution is 2.18. The predicted octanol–water partition coefficient (Wildman–Crippen LogP) is 1.92. The van der Waals surface area contributed by atoms with E-state index in [1.165, 1.54) is 0 Å². The Hall–Kier alpha value is -1.88. The maximum absolute atomic E-state index is 12.7. The first-order valence-electron chi connectivity index (χ1n) is 7.13. The number of para-hydroxylation sites is 2. The molecule has 106 valence electrons. The molecule has 1 aromatic carbocycles. The molecule has 1 aromatic heterocycles. The standard InChI is InChI=1S/C15H19N3O2/c1-2-7-18-13-6-4-3-5-12(13)16-14(18)15(19)17-8-10-20-11-9-17/h3-6H,2,7-11H2,1H3. The third-order valence-electron chi connectivity index (χ3n) is 3.59. The molecule has 20 heavy (non-hydrogen) atoms. The summed E-state index contributed by atoms with van der Waals surface area (Å²) in [7, 11) is 0. The fraction of sp³-hybridized carbons (Fsp3) is 0.467. The van der Waals surface area contributed by atoms with Crippen molar-refractivity contribution in [1.29, 1.82) is 0 Å². The number of imidazole rings is 1.